The molecule has 3 aromatic carbocycles. The second-order valence-corrected chi connectivity index (χ2v) is 9.32. The molecule has 0 saturated heterocycles. The summed E-state index contributed by atoms with van der Waals surface area (Å²) in [6.07, 6.45) is 0. The molecule has 4 aromatic rings. The number of hydrogen-bond donors (Lipinski definition) is 1. The fourth-order valence-corrected chi connectivity index (χ4v) is 5.57. The van der Waals surface area contributed by atoms with Gasteiger partial charge in [0.2, 0.25) is 9.84 Å². The highest BCUT2D eigenvalue weighted by Crippen LogP contribution is 2.35. The average Bonchev–Trinajstić information content (AvgIpc) is 2.83. The van der Waals surface area contributed by atoms with Gasteiger partial charge in [0.15, 0.2) is 17.5 Å². The predicted molar refractivity (Wildman–Crippen MR) is 117 cm³/mol. The molecule has 5 rings (SSSR count). The molecule has 0 aliphatic carbocycles. The number of carbonyl (C=O) groups is 2. The van der Waals surface area contributed by atoms with Crippen LogP contribution in [0.25, 0.3) is 10.9 Å². The first-order valence-electron chi connectivity index (χ1n) is 9.78. The zero-order valence-corrected chi connectivity index (χ0v) is 17.6. The van der Waals surface area contributed by atoms with Gasteiger partial charge in [0.1, 0.15) is 5.82 Å². The summed E-state index contributed by atoms with van der Waals surface area (Å²) in [7, 11) is -4.05. The number of rotatable bonds is 3. The minimum Gasteiger partial charge on any atom is -0.308 e. The second kappa shape index (κ2) is 7.32. The Morgan fingerprint density at radius 2 is 1.64 bits per heavy atom. The van der Waals surface area contributed by atoms with Gasteiger partial charge in [-0.3, -0.25) is 14.4 Å². The van der Waals surface area contributed by atoms with E-state index in [2.05, 4.69) is 9.97 Å². The summed E-state index contributed by atoms with van der Waals surface area (Å²) in [5.41, 5.74) is -0.252. The Bertz CT molecular complexity index is 1710. The molecule has 1 aliphatic rings. The summed E-state index contributed by atoms with van der Waals surface area (Å²) in [5, 5.41) is 9.99. The smallest absolute Gasteiger partial charge is 0.258 e. The van der Waals surface area contributed by atoms with Crippen molar-refractivity contribution in [2.24, 2.45) is 0 Å². The number of nitrogens with one attached hydrogen (secondary N) is 1. The summed E-state index contributed by atoms with van der Waals surface area (Å²) in [6.45, 7) is 0. The molecular weight excluding hydrogens is 442 g/mol. The number of Topliss-reactive ketones (excluding diaryl/α,β-unsaturated/α-hetero) is 1. The molecule has 1 atom stereocenters. The Morgan fingerprint density at radius 1 is 0.939 bits per heavy atom. The molecular formula is C24H13N3O5S. The van der Waals surface area contributed by atoms with Gasteiger partial charge >= 0.3 is 0 Å². The minimum atomic E-state index is -4.05. The summed E-state index contributed by atoms with van der Waals surface area (Å²) in [4.78, 5) is 44.6. The van der Waals surface area contributed by atoms with Crippen LogP contribution < -0.4 is 5.56 Å². The highest BCUT2D eigenvalue weighted by Gasteiger charge is 2.36. The zero-order valence-electron chi connectivity index (χ0n) is 16.8. The summed E-state index contributed by atoms with van der Waals surface area (Å²) in [6, 6.07) is 17.8. The lowest BCUT2D eigenvalue weighted by atomic mass is 9.95. The molecule has 0 fully saturated rings. The van der Waals surface area contributed by atoms with E-state index >= 15 is 0 Å². The van der Waals surface area contributed by atoms with E-state index in [1.54, 1.807) is 30.3 Å². The van der Waals surface area contributed by atoms with E-state index in [1.165, 1.54) is 30.3 Å². The molecule has 0 spiro atoms. The van der Waals surface area contributed by atoms with Crippen molar-refractivity contribution in [3.05, 3.63) is 99.6 Å². The van der Waals surface area contributed by atoms with Gasteiger partial charge in [-0.15, -0.1) is 0 Å². The monoisotopic (exact) mass is 455 g/mol. The number of fused-ring (bicyclic) bond motifs is 3. The Balaban J connectivity index is 1.62. The standard InChI is InChI=1S/C24H13N3O5S/c25-12-17(23-26-18-7-3-1-5-14(18)24(30)27-23)21(28)13-9-10-16-20(11-13)33(31,32)19-8-4-2-6-15(19)22(16)29/h1-11,17H,(H,26,27,30). The van der Waals surface area contributed by atoms with E-state index in [9.17, 15) is 28.1 Å². The first kappa shape index (κ1) is 20.5. The lowest BCUT2D eigenvalue weighted by Gasteiger charge is -2.19. The van der Waals surface area contributed by atoms with Crippen molar-refractivity contribution < 1.29 is 18.0 Å². The first-order chi connectivity index (χ1) is 15.8. The molecule has 2 heterocycles. The summed E-state index contributed by atoms with van der Waals surface area (Å²) >= 11 is 0. The molecule has 0 bridgehead atoms. The van der Waals surface area contributed by atoms with Crippen LogP contribution >= 0.6 is 0 Å². The molecule has 160 valence electrons. The average molecular weight is 455 g/mol. The third-order valence-corrected chi connectivity index (χ3v) is 7.37. The Hall–Kier alpha value is -4.42. The van der Waals surface area contributed by atoms with Crippen LogP contribution in [0.1, 0.15) is 38.0 Å². The normalized spacial score (nSPS) is 14.7. The van der Waals surface area contributed by atoms with Gasteiger partial charge in [0.25, 0.3) is 5.56 Å². The molecule has 0 radical (unpaired) electrons. The number of nitrogens with zero attached hydrogens (tertiary/aromatic N) is 2. The highest BCUT2D eigenvalue weighted by atomic mass is 32.2. The largest absolute Gasteiger partial charge is 0.308 e. The van der Waals surface area contributed by atoms with Crippen LogP contribution in [-0.4, -0.2) is 30.0 Å². The second-order valence-electron chi connectivity index (χ2n) is 7.43. The molecule has 8 nitrogen and oxygen atoms in total. The van der Waals surface area contributed by atoms with Crippen molar-refractivity contribution in [1.29, 1.82) is 5.26 Å². The number of aromatic nitrogens is 2. The van der Waals surface area contributed by atoms with Crippen LogP contribution in [0.4, 0.5) is 0 Å². The lowest BCUT2D eigenvalue weighted by molar-refractivity contribution is 0.0973. The third-order valence-electron chi connectivity index (χ3n) is 5.52. The minimum absolute atomic E-state index is 0.0454. The van der Waals surface area contributed by atoms with Gasteiger partial charge < -0.3 is 4.98 Å². The maximum Gasteiger partial charge on any atom is 0.258 e. The number of H-pyrrole nitrogens is 1. The molecule has 1 aromatic heterocycles. The van der Waals surface area contributed by atoms with Crippen LogP contribution in [0.15, 0.2) is 81.3 Å². The van der Waals surface area contributed by atoms with Crippen LogP contribution in [0, 0.1) is 11.3 Å². The van der Waals surface area contributed by atoms with Gasteiger partial charge in [-0.1, -0.05) is 30.3 Å². The highest BCUT2D eigenvalue weighted by molar-refractivity contribution is 7.91. The van der Waals surface area contributed by atoms with Gasteiger partial charge in [-0.2, -0.15) is 5.26 Å². The lowest BCUT2D eigenvalue weighted by Crippen LogP contribution is -2.22. The fraction of sp³-hybridized carbons (Fsp3) is 0.0417. The predicted octanol–water partition coefficient (Wildman–Crippen LogP) is 2.79. The molecule has 0 amide bonds. The Morgan fingerprint density at radius 3 is 2.42 bits per heavy atom. The van der Waals surface area contributed by atoms with Gasteiger partial charge in [-0.25, -0.2) is 13.4 Å². The number of nitriles is 1. The van der Waals surface area contributed by atoms with Gasteiger partial charge in [0, 0.05) is 16.7 Å². The number of hydrogen-bond acceptors (Lipinski definition) is 7. The topological polar surface area (TPSA) is 138 Å². The first-order valence-corrected chi connectivity index (χ1v) is 11.3. The molecule has 1 N–H and O–H groups in total. The number of sulfone groups is 1. The number of aromatic amines is 1. The number of para-hydroxylation sites is 1. The fourth-order valence-electron chi connectivity index (χ4n) is 3.89. The van der Waals surface area contributed by atoms with Crippen LogP contribution in [0.3, 0.4) is 0 Å². The number of benzene rings is 3. The van der Waals surface area contributed by atoms with E-state index in [0.717, 1.165) is 6.07 Å². The van der Waals surface area contributed by atoms with Crippen molar-refractivity contribution in [2.45, 2.75) is 15.7 Å². The van der Waals surface area contributed by atoms with Crippen LogP contribution in [-0.2, 0) is 9.84 Å². The van der Waals surface area contributed by atoms with E-state index < -0.39 is 32.9 Å². The van der Waals surface area contributed by atoms with Gasteiger partial charge in [0.05, 0.1) is 26.8 Å². The van der Waals surface area contributed by atoms with Crippen molar-refractivity contribution >= 4 is 32.3 Å². The summed E-state index contributed by atoms with van der Waals surface area (Å²) in [5.74, 6) is -2.84. The number of carbonyl (C=O) groups excluding carboxylic acids is 2. The molecule has 1 unspecified atom stereocenters. The maximum absolute atomic E-state index is 13.2. The number of ketones is 2. The maximum atomic E-state index is 13.2. The Kier molecular flexibility index (Phi) is 4.55. The molecule has 33 heavy (non-hydrogen) atoms. The van der Waals surface area contributed by atoms with E-state index in [4.69, 9.17) is 0 Å². The summed E-state index contributed by atoms with van der Waals surface area (Å²) < 4.78 is 26.3. The van der Waals surface area contributed by atoms with Crippen LogP contribution in [0.2, 0.25) is 0 Å². The van der Waals surface area contributed by atoms with E-state index in [1.807, 2.05) is 6.07 Å². The molecule has 0 saturated carbocycles. The van der Waals surface area contributed by atoms with Gasteiger partial charge in [-0.05, 0) is 36.4 Å². The van der Waals surface area contributed by atoms with Crippen LogP contribution in [0.5, 0.6) is 0 Å². The van der Waals surface area contributed by atoms with Crippen molar-refractivity contribution in [3.8, 4) is 6.07 Å². The SMILES string of the molecule is N#CC(C(=O)c1ccc2c(c1)S(=O)(=O)c1ccccc1C2=O)c1nc2ccccc2c(=O)[nH]1. The van der Waals surface area contributed by atoms with E-state index in [-0.39, 0.29) is 32.3 Å². The van der Waals surface area contributed by atoms with Crippen molar-refractivity contribution in [3.63, 3.8) is 0 Å². The van der Waals surface area contributed by atoms with E-state index in [0.29, 0.717) is 10.9 Å². The third kappa shape index (κ3) is 3.08. The zero-order chi connectivity index (χ0) is 23.3. The van der Waals surface area contributed by atoms with Crippen molar-refractivity contribution in [2.75, 3.05) is 0 Å². The quantitative estimate of drug-likeness (QED) is 0.413. The molecule has 9 heteroatoms. The molecule has 1 aliphatic heterocycles. The Labute approximate surface area is 187 Å². The van der Waals surface area contributed by atoms with Crippen molar-refractivity contribution in [1.82, 2.24) is 9.97 Å².